The van der Waals surface area contributed by atoms with E-state index in [4.69, 9.17) is 17.3 Å². The summed E-state index contributed by atoms with van der Waals surface area (Å²) in [7, 11) is 0. The van der Waals surface area contributed by atoms with E-state index in [1.54, 1.807) is 0 Å². The molecule has 0 atom stereocenters. The van der Waals surface area contributed by atoms with E-state index in [0.717, 1.165) is 27.8 Å². The molecule has 0 heterocycles. The van der Waals surface area contributed by atoms with Gasteiger partial charge in [0, 0.05) is 5.56 Å². The zero-order valence-corrected chi connectivity index (χ0v) is 28.4. The zero-order chi connectivity index (χ0) is 35.0. The fraction of sp³-hybridized carbons (Fsp3) is 0.0204. The van der Waals surface area contributed by atoms with Gasteiger partial charge in [0.1, 0.15) is 5.84 Å². The van der Waals surface area contributed by atoms with Crippen molar-refractivity contribution >= 4 is 54.6 Å². The van der Waals surface area contributed by atoms with Crippen molar-refractivity contribution in [1.29, 1.82) is 0 Å². The number of rotatable bonds is 6. The van der Waals surface area contributed by atoms with E-state index in [9.17, 15) is 0 Å². The molecule has 0 unspecified atom stereocenters. The van der Waals surface area contributed by atoms with Crippen LogP contribution in [0, 0.1) is 6.57 Å². The van der Waals surface area contributed by atoms with E-state index in [0.29, 0.717) is 18.1 Å². The number of nitrogens with zero attached hydrogens (tertiary/aromatic N) is 2. The van der Waals surface area contributed by atoms with Crippen LogP contribution in [0.1, 0.15) is 11.1 Å². The van der Waals surface area contributed by atoms with Crippen LogP contribution in [-0.2, 0) is 6.54 Å². The molecule has 9 aromatic carbocycles. The van der Waals surface area contributed by atoms with Gasteiger partial charge in [-0.25, -0.2) is 4.85 Å². The molecular formula is C49H33N3. The van der Waals surface area contributed by atoms with Gasteiger partial charge < -0.3 is 5.73 Å². The second kappa shape index (κ2) is 13.0. The van der Waals surface area contributed by atoms with Gasteiger partial charge in [0.25, 0.3) is 0 Å². The molecule has 0 amide bonds. The topological polar surface area (TPSA) is 42.7 Å². The van der Waals surface area contributed by atoms with E-state index in [-0.39, 0.29) is 0 Å². The monoisotopic (exact) mass is 663 g/mol. The molecule has 2 N–H and O–H groups in total. The third kappa shape index (κ3) is 5.44. The van der Waals surface area contributed by atoms with Gasteiger partial charge in [-0.2, -0.15) is 0 Å². The Balaban J connectivity index is 1.21. The second-order valence-corrected chi connectivity index (χ2v) is 13.2. The normalized spacial score (nSPS) is 11.7. The van der Waals surface area contributed by atoms with Crippen molar-refractivity contribution in [3.05, 3.63) is 198 Å². The highest BCUT2D eigenvalue weighted by Crippen LogP contribution is 2.44. The summed E-state index contributed by atoms with van der Waals surface area (Å²) >= 11 is 0. The van der Waals surface area contributed by atoms with Crippen molar-refractivity contribution in [3.8, 4) is 33.4 Å². The molecule has 0 fully saturated rings. The van der Waals surface area contributed by atoms with E-state index >= 15 is 0 Å². The van der Waals surface area contributed by atoms with Gasteiger partial charge in [0.2, 0.25) is 0 Å². The van der Waals surface area contributed by atoms with Gasteiger partial charge in [-0.3, -0.25) is 4.99 Å². The van der Waals surface area contributed by atoms with Gasteiger partial charge in [-0.1, -0.05) is 158 Å². The summed E-state index contributed by atoms with van der Waals surface area (Å²) < 4.78 is 0. The fourth-order valence-corrected chi connectivity index (χ4v) is 7.61. The third-order valence-electron chi connectivity index (χ3n) is 10.1. The molecule has 3 nitrogen and oxygen atoms in total. The Morgan fingerprint density at radius 2 is 0.981 bits per heavy atom. The van der Waals surface area contributed by atoms with Crippen molar-refractivity contribution in [2.75, 3.05) is 0 Å². The van der Waals surface area contributed by atoms with Crippen LogP contribution in [0.3, 0.4) is 0 Å². The number of hydrogen-bond acceptors (Lipinski definition) is 1. The summed E-state index contributed by atoms with van der Waals surface area (Å²) in [5, 5.41) is 9.64. The molecule has 0 aliphatic carbocycles. The number of aliphatic imine (C=N–C) groups is 1. The molecule has 0 aromatic heterocycles. The first-order chi connectivity index (χ1) is 25.7. The molecule has 0 aliphatic rings. The predicted molar refractivity (Wildman–Crippen MR) is 220 cm³/mol. The van der Waals surface area contributed by atoms with Crippen molar-refractivity contribution in [1.82, 2.24) is 0 Å². The van der Waals surface area contributed by atoms with Gasteiger partial charge in [-0.15, -0.1) is 0 Å². The number of fused-ring (bicyclic) bond motifs is 6. The van der Waals surface area contributed by atoms with Crippen LogP contribution in [0.5, 0.6) is 0 Å². The molecule has 244 valence electrons. The molecular weight excluding hydrogens is 631 g/mol. The van der Waals surface area contributed by atoms with Gasteiger partial charge in [-0.05, 0) is 100 Å². The van der Waals surface area contributed by atoms with Crippen LogP contribution < -0.4 is 5.73 Å². The summed E-state index contributed by atoms with van der Waals surface area (Å²) in [6.45, 7) is 7.97. The van der Waals surface area contributed by atoms with E-state index in [1.807, 2.05) is 36.4 Å². The van der Waals surface area contributed by atoms with Gasteiger partial charge in [0.05, 0.1) is 13.1 Å². The fourth-order valence-electron chi connectivity index (χ4n) is 7.61. The minimum absolute atomic E-state index is 0.532. The Labute approximate surface area is 302 Å². The van der Waals surface area contributed by atoms with Crippen LogP contribution >= 0.6 is 0 Å². The van der Waals surface area contributed by atoms with E-state index in [2.05, 4.69) is 144 Å². The summed E-state index contributed by atoms with van der Waals surface area (Å²) in [4.78, 5) is 8.31. The molecule has 0 aliphatic heterocycles. The molecule has 3 heteroatoms. The Bertz CT molecular complexity index is 2880. The third-order valence-corrected chi connectivity index (χ3v) is 10.1. The molecule has 9 rings (SSSR count). The first-order valence-corrected chi connectivity index (χ1v) is 17.5. The zero-order valence-electron chi connectivity index (χ0n) is 28.4. The highest BCUT2D eigenvalue weighted by atomic mass is 14.8. The van der Waals surface area contributed by atoms with Crippen LogP contribution in [0.15, 0.2) is 181 Å². The Hall–Kier alpha value is -7.02. The van der Waals surface area contributed by atoms with Crippen LogP contribution in [0.25, 0.3) is 81.3 Å². The number of hydrogen-bond donors (Lipinski definition) is 1. The number of nitrogens with two attached hydrogens (primary N) is 1. The van der Waals surface area contributed by atoms with Crippen molar-refractivity contribution < 1.29 is 0 Å². The molecule has 0 bridgehead atoms. The molecule has 0 saturated carbocycles. The minimum atomic E-state index is 0.532. The van der Waals surface area contributed by atoms with Gasteiger partial charge in [0.15, 0.2) is 5.69 Å². The Morgan fingerprint density at radius 1 is 0.442 bits per heavy atom. The number of benzene rings is 9. The first-order valence-electron chi connectivity index (χ1n) is 17.5. The molecule has 52 heavy (non-hydrogen) atoms. The lowest BCUT2D eigenvalue weighted by Crippen LogP contribution is -2.13. The number of amidine groups is 1. The summed E-state index contributed by atoms with van der Waals surface area (Å²) in [5.74, 6) is 0.532. The highest BCUT2D eigenvalue weighted by Gasteiger charge is 2.17. The van der Waals surface area contributed by atoms with Crippen molar-refractivity contribution in [2.24, 2.45) is 10.7 Å². The SMILES string of the molecule is [C-]#[N+]c1ccc(-c2cc3c4ccccc4c(-c4ccc(-c5cccc(C(N)=NCc6ccccc6)c5)c5ccccc45)cc3c3ccccc23)cc1. The summed E-state index contributed by atoms with van der Waals surface area (Å²) in [5.41, 5.74) is 16.1. The second-order valence-electron chi connectivity index (χ2n) is 13.2. The highest BCUT2D eigenvalue weighted by molar-refractivity contribution is 6.25. The lowest BCUT2D eigenvalue weighted by atomic mass is 9.85. The van der Waals surface area contributed by atoms with Crippen LogP contribution in [0.2, 0.25) is 0 Å². The molecule has 0 radical (unpaired) electrons. The smallest absolute Gasteiger partial charge is 0.187 e. The molecule has 9 aromatic rings. The lowest BCUT2D eigenvalue weighted by molar-refractivity contribution is 1.06. The lowest BCUT2D eigenvalue weighted by Gasteiger charge is -2.18. The summed E-state index contributed by atoms with van der Waals surface area (Å²) in [6, 6.07) is 61.9. The van der Waals surface area contributed by atoms with Crippen LogP contribution in [0.4, 0.5) is 5.69 Å². The first kappa shape index (κ1) is 31.0. The molecule has 0 saturated heterocycles. The Kier molecular flexibility index (Phi) is 7.76. The average Bonchev–Trinajstić information content (AvgIpc) is 3.22. The quantitative estimate of drug-likeness (QED) is 0.0818. The Morgan fingerprint density at radius 3 is 1.63 bits per heavy atom. The van der Waals surface area contributed by atoms with Crippen molar-refractivity contribution in [2.45, 2.75) is 6.54 Å². The summed E-state index contributed by atoms with van der Waals surface area (Å²) in [6.07, 6.45) is 0. The van der Waals surface area contributed by atoms with E-state index < -0.39 is 0 Å². The molecule has 0 spiro atoms. The standard InChI is InChI=1S/C49H33N3/c1-51-36-24-22-33(23-25-36)45-29-47-43-21-10-9-20-42(43)46(30-48(47)41-19-8-7-18-40(41)45)44-27-26-37(38-16-5-6-17-39(38)44)34-14-11-15-35(28-34)49(50)52-31-32-12-3-2-4-13-32/h2-30H,31H2,(H2,50,52). The predicted octanol–water partition coefficient (Wildman–Crippen LogP) is 12.8. The maximum Gasteiger partial charge on any atom is 0.187 e. The maximum absolute atomic E-state index is 7.42. The maximum atomic E-state index is 7.42. The average molecular weight is 664 g/mol. The van der Waals surface area contributed by atoms with Crippen LogP contribution in [-0.4, -0.2) is 5.84 Å². The van der Waals surface area contributed by atoms with E-state index in [1.165, 1.54) is 59.8 Å². The van der Waals surface area contributed by atoms with Gasteiger partial charge >= 0.3 is 0 Å². The van der Waals surface area contributed by atoms with Crippen molar-refractivity contribution in [3.63, 3.8) is 0 Å². The minimum Gasteiger partial charge on any atom is -0.383 e. The largest absolute Gasteiger partial charge is 0.383 e.